The summed E-state index contributed by atoms with van der Waals surface area (Å²) in [7, 11) is 0. The Hall–Kier alpha value is -3.64. The number of nitrogens with two attached hydrogens (primary N) is 2. The third-order valence-corrected chi connectivity index (χ3v) is 5.27. The molecule has 152 valence electrons. The lowest BCUT2D eigenvalue weighted by atomic mass is 9.77. The van der Waals surface area contributed by atoms with Gasteiger partial charge < -0.3 is 21.3 Å². The minimum atomic E-state index is -1.27. The zero-order valence-electron chi connectivity index (χ0n) is 16.9. The summed E-state index contributed by atoms with van der Waals surface area (Å²) >= 11 is 0. The molecule has 1 atom stereocenters. The normalized spacial score (nSPS) is 13.3. The molecule has 0 aliphatic rings. The maximum Gasteiger partial charge on any atom is 0.222 e. The molecule has 1 aromatic heterocycles. The van der Waals surface area contributed by atoms with E-state index < -0.39 is 5.60 Å². The van der Waals surface area contributed by atoms with Crippen LogP contribution in [-0.2, 0) is 5.60 Å². The molecule has 6 nitrogen and oxygen atoms in total. The van der Waals surface area contributed by atoms with Crippen LogP contribution in [0.25, 0.3) is 10.9 Å². The summed E-state index contributed by atoms with van der Waals surface area (Å²) in [6.07, 6.45) is 0. The first-order valence-electron chi connectivity index (χ1n) is 9.77. The number of fused-ring (bicyclic) bond motifs is 1. The van der Waals surface area contributed by atoms with Crippen molar-refractivity contribution >= 4 is 22.7 Å². The van der Waals surface area contributed by atoms with Crippen LogP contribution in [0.4, 0.5) is 11.8 Å². The fourth-order valence-corrected chi connectivity index (χ4v) is 3.72. The smallest absolute Gasteiger partial charge is 0.222 e. The number of benzene rings is 3. The lowest BCUT2D eigenvalue weighted by Crippen LogP contribution is -2.33. The standard InChI is InChI=1S/C24H24N4O2/c1-15(2)24(29,16-9-5-3-6-10-16)17-13-19-21(22(25)28-23(26)27-19)20(14-17)30-18-11-7-4-8-12-18/h3-15,29H,1-2H3,(H4,25,26,27,28). The van der Waals surface area contributed by atoms with E-state index in [4.69, 9.17) is 16.2 Å². The highest BCUT2D eigenvalue weighted by Gasteiger charge is 2.36. The van der Waals surface area contributed by atoms with Gasteiger partial charge in [0.15, 0.2) is 0 Å². The van der Waals surface area contributed by atoms with E-state index in [0.29, 0.717) is 28.0 Å². The van der Waals surface area contributed by atoms with Crippen molar-refractivity contribution < 1.29 is 9.84 Å². The predicted molar refractivity (Wildman–Crippen MR) is 119 cm³/mol. The number of nitrogen functional groups attached to an aromatic ring is 2. The van der Waals surface area contributed by atoms with E-state index >= 15 is 0 Å². The largest absolute Gasteiger partial charge is 0.457 e. The molecule has 0 saturated carbocycles. The van der Waals surface area contributed by atoms with Crippen molar-refractivity contribution in [1.29, 1.82) is 0 Å². The van der Waals surface area contributed by atoms with Crippen LogP contribution in [0.15, 0.2) is 72.8 Å². The van der Waals surface area contributed by atoms with Gasteiger partial charge in [-0.2, -0.15) is 4.98 Å². The Morgan fingerprint density at radius 2 is 1.50 bits per heavy atom. The second-order valence-electron chi connectivity index (χ2n) is 7.54. The second-order valence-corrected chi connectivity index (χ2v) is 7.54. The number of aliphatic hydroxyl groups is 1. The van der Waals surface area contributed by atoms with Gasteiger partial charge in [-0.15, -0.1) is 0 Å². The van der Waals surface area contributed by atoms with Gasteiger partial charge in [0.1, 0.15) is 22.9 Å². The minimum Gasteiger partial charge on any atom is -0.457 e. The van der Waals surface area contributed by atoms with Crippen molar-refractivity contribution in [2.75, 3.05) is 11.5 Å². The van der Waals surface area contributed by atoms with Gasteiger partial charge in [0, 0.05) is 0 Å². The van der Waals surface area contributed by atoms with Gasteiger partial charge in [-0.05, 0) is 41.3 Å². The minimum absolute atomic E-state index is 0.0654. The Morgan fingerprint density at radius 3 is 2.13 bits per heavy atom. The molecule has 0 aliphatic carbocycles. The van der Waals surface area contributed by atoms with Crippen molar-refractivity contribution in [2.45, 2.75) is 19.4 Å². The van der Waals surface area contributed by atoms with Crippen LogP contribution in [0.1, 0.15) is 25.0 Å². The highest BCUT2D eigenvalue weighted by Crippen LogP contribution is 2.42. The zero-order valence-corrected chi connectivity index (χ0v) is 16.9. The van der Waals surface area contributed by atoms with Gasteiger partial charge in [-0.25, -0.2) is 4.98 Å². The average Bonchev–Trinajstić information content (AvgIpc) is 2.73. The monoisotopic (exact) mass is 400 g/mol. The molecule has 4 aromatic rings. The topological polar surface area (TPSA) is 107 Å². The van der Waals surface area contributed by atoms with Crippen molar-refractivity contribution in [3.63, 3.8) is 0 Å². The van der Waals surface area contributed by atoms with E-state index in [2.05, 4.69) is 9.97 Å². The summed E-state index contributed by atoms with van der Waals surface area (Å²) < 4.78 is 6.15. The van der Waals surface area contributed by atoms with Crippen molar-refractivity contribution in [1.82, 2.24) is 9.97 Å². The molecule has 6 heteroatoms. The van der Waals surface area contributed by atoms with E-state index in [1.807, 2.05) is 74.5 Å². The van der Waals surface area contributed by atoms with Gasteiger partial charge in [-0.3, -0.25) is 0 Å². The third kappa shape index (κ3) is 3.42. The second kappa shape index (κ2) is 7.65. The zero-order chi connectivity index (χ0) is 21.3. The number of hydrogen-bond donors (Lipinski definition) is 3. The molecule has 5 N–H and O–H groups in total. The molecule has 0 spiro atoms. The highest BCUT2D eigenvalue weighted by atomic mass is 16.5. The van der Waals surface area contributed by atoms with Crippen LogP contribution < -0.4 is 16.2 Å². The fraction of sp³-hybridized carbons (Fsp3) is 0.167. The Morgan fingerprint density at radius 1 is 0.867 bits per heavy atom. The van der Waals surface area contributed by atoms with Crippen molar-refractivity contribution in [3.8, 4) is 11.5 Å². The summed E-state index contributed by atoms with van der Waals surface area (Å²) in [6.45, 7) is 3.94. The van der Waals surface area contributed by atoms with Gasteiger partial charge in [0.2, 0.25) is 5.95 Å². The first-order chi connectivity index (χ1) is 14.4. The fourth-order valence-electron chi connectivity index (χ4n) is 3.72. The number of anilines is 2. The molecule has 4 rings (SSSR count). The average molecular weight is 400 g/mol. The number of rotatable bonds is 5. The maximum absolute atomic E-state index is 11.9. The van der Waals surface area contributed by atoms with Gasteiger partial charge in [-0.1, -0.05) is 62.4 Å². The van der Waals surface area contributed by atoms with Crippen LogP contribution in [0.3, 0.4) is 0 Å². The lowest BCUT2D eigenvalue weighted by Gasteiger charge is -2.34. The lowest BCUT2D eigenvalue weighted by molar-refractivity contribution is 0.0317. The molecule has 0 fully saturated rings. The van der Waals surface area contributed by atoms with Crippen LogP contribution in [0.2, 0.25) is 0 Å². The Bertz CT molecular complexity index is 1180. The van der Waals surface area contributed by atoms with E-state index in [0.717, 1.165) is 5.56 Å². The van der Waals surface area contributed by atoms with Crippen LogP contribution in [0.5, 0.6) is 11.5 Å². The Balaban J connectivity index is 1.99. The highest BCUT2D eigenvalue weighted by molar-refractivity contribution is 5.95. The van der Waals surface area contributed by atoms with E-state index in [9.17, 15) is 5.11 Å². The molecule has 0 bridgehead atoms. The quantitative estimate of drug-likeness (QED) is 0.456. The molecular formula is C24H24N4O2. The third-order valence-electron chi connectivity index (χ3n) is 5.27. The summed E-state index contributed by atoms with van der Waals surface area (Å²) in [6, 6.07) is 22.5. The van der Waals surface area contributed by atoms with Gasteiger partial charge in [0.25, 0.3) is 0 Å². The summed E-state index contributed by atoms with van der Waals surface area (Å²) in [5.74, 6) is 1.26. The Labute approximate surface area is 175 Å². The number of para-hydroxylation sites is 1. The molecule has 0 radical (unpaired) electrons. The van der Waals surface area contributed by atoms with Gasteiger partial charge in [0.05, 0.1) is 10.9 Å². The number of nitrogens with zero attached hydrogens (tertiary/aromatic N) is 2. The number of aromatic nitrogens is 2. The maximum atomic E-state index is 11.9. The molecule has 0 aliphatic heterocycles. The van der Waals surface area contributed by atoms with Crippen LogP contribution in [0, 0.1) is 5.92 Å². The molecule has 1 unspecified atom stereocenters. The summed E-state index contributed by atoms with van der Waals surface area (Å²) in [5, 5.41) is 12.4. The summed E-state index contributed by atoms with van der Waals surface area (Å²) in [4.78, 5) is 8.45. The summed E-state index contributed by atoms with van der Waals surface area (Å²) in [5.41, 5.74) is 12.7. The Kier molecular flexibility index (Phi) is 5.01. The molecule has 0 saturated heterocycles. The van der Waals surface area contributed by atoms with E-state index in [1.165, 1.54) is 0 Å². The van der Waals surface area contributed by atoms with Crippen molar-refractivity contribution in [2.24, 2.45) is 5.92 Å². The molecular weight excluding hydrogens is 376 g/mol. The molecule has 3 aromatic carbocycles. The first-order valence-corrected chi connectivity index (χ1v) is 9.77. The predicted octanol–water partition coefficient (Wildman–Crippen LogP) is 4.48. The molecule has 30 heavy (non-hydrogen) atoms. The first kappa shape index (κ1) is 19.7. The van der Waals surface area contributed by atoms with Crippen molar-refractivity contribution in [3.05, 3.63) is 83.9 Å². The van der Waals surface area contributed by atoms with E-state index in [1.54, 1.807) is 12.1 Å². The van der Waals surface area contributed by atoms with E-state index in [-0.39, 0.29) is 17.7 Å². The molecule has 1 heterocycles. The number of ether oxygens (including phenoxy) is 1. The van der Waals surface area contributed by atoms with Crippen LogP contribution in [-0.4, -0.2) is 15.1 Å². The number of hydrogen-bond acceptors (Lipinski definition) is 6. The SMILES string of the molecule is CC(C)C(O)(c1ccccc1)c1cc(Oc2ccccc2)c2c(N)nc(N)nc2c1. The van der Waals surface area contributed by atoms with Crippen LogP contribution >= 0.6 is 0 Å². The molecule has 0 amide bonds. The van der Waals surface area contributed by atoms with Gasteiger partial charge >= 0.3 is 0 Å².